The van der Waals surface area contributed by atoms with Gasteiger partial charge in [0.1, 0.15) is 5.82 Å². The molecule has 2 nitrogen and oxygen atoms in total. The van der Waals surface area contributed by atoms with Crippen LogP contribution in [0.15, 0.2) is 48.5 Å². The minimum Gasteiger partial charge on any atom is -0.326 e. The van der Waals surface area contributed by atoms with Crippen LogP contribution in [0.4, 0.5) is 23.2 Å². The molecule has 1 amide bonds. The fourth-order valence-corrected chi connectivity index (χ4v) is 1.74. The fourth-order valence-electron chi connectivity index (χ4n) is 1.74. The number of hydrogen-bond acceptors (Lipinski definition) is 1. The zero-order valence-corrected chi connectivity index (χ0v) is 10.7. The highest BCUT2D eigenvalue weighted by Crippen LogP contribution is 2.29. The van der Waals surface area contributed by atoms with Gasteiger partial charge in [0.05, 0.1) is 12.0 Å². The number of carbonyl (C=O) groups is 1. The van der Waals surface area contributed by atoms with Crippen LogP contribution >= 0.6 is 0 Å². The van der Waals surface area contributed by atoms with Crippen molar-refractivity contribution in [2.24, 2.45) is 0 Å². The summed E-state index contributed by atoms with van der Waals surface area (Å²) in [4.78, 5) is 11.7. The van der Waals surface area contributed by atoms with E-state index in [0.717, 1.165) is 12.1 Å². The number of benzene rings is 2. The van der Waals surface area contributed by atoms with Crippen LogP contribution in [0.1, 0.15) is 11.1 Å². The molecule has 0 atom stereocenters. The normalized spacial score (nSPS) is 11.2. The summed E-state index contributed by atoms with van der Waals surface area (Å²) >= 11 is 0. The zero-order valence-electron chi connectivity index (χ0n) is 10.7. The van der Waals surface area contributed by atoms with Crippen molar-refractivity contribution >= 4 is 11.6 Å². The van der Waals surface area contributed by atoms with Crippen LogP contribution in [0.25, 0.3) is 0 Å². The van der Waals surface area contributed by atoms with Gasteiger partial charge in [0.25, 0.3) is 0 Å². The molecule has 0 saturated heterocycles. The first-order valence-corrected chi connectivity index (χ1v) is 6.06. The molecule has 0 fully saturated rings. The molecule has 0 radical (unpaired) electrons. The third kappa shape index (κ3) is 4.30. The van der Waals surface area contributed by atoms with E-state index in [0.29, 0.717) is 5.56 Å². The smallest absolute Gasteiger partial charge is 0.326 e. The number of carbonyl (C=O) groups excluding carboxylic acids is 1. The third-order valence-electron chi connectivity index (χ3n) is 2.77. The SMILES string of the molecule is O=C(Cc1ccc(F)cc1)Nc1ccc(C(F)(F)F)cc1. The van der Waals surface area contributed by atoms with E-state index in [4.69, 9.17) is 0 Å². The topological polar surface area (TPSA) is 29.1 Å². The number of alkyl halides is 3. The molecule has 1 N–H and O–H groups in total. The van der Waals surface area contributed by atoms with E-state index in [9.17, 15) is 22.4 Å². The Morgan fingerprint density at radius 3 is 2.05 bits per heavy atom. The van der Waals surface area contributed by atoms with Gasteiger partial charge < -0.3 is 5.32 Å². The number of anilines is 1. The van der Waals surface area contributed by atoms with Crippen molar-refractivity contribution in [1.82, 2.24) is 0 Å². The summed E-state index contributed by atoms with van der Waals surface area (Å²) in [7, 11) is 0. The van der Waals surface area contributed by atoms with Gasteiger partial charge in [-0.3, -0.25) is 4.79 Å². The molecule has 0 aliphatic heterocycles. The Balaban J connectivity index is 1.98. The van der Waals surface area contributed by atoms with Gasteiger partial charge in [-0.05, 0) is 42.0 Å². The summed E-state index contributed by atoms with van der Waals surface area (Å²) in [5.74, 6) is -0.789. The summed E-state index contributed by atoms with van der Waals surface area (Å²) in [6, 6.07) is 9.59. The van der Waals surface area contributed by atoms with E-state index in [1.165, 1.54) is 36.4 Å². The Kier molecular flexibility index (Phi) is 4.26. The van der Waals surface area contributed by atoms with E-state index < -0.39 is 17.6 Å². The van der Waals surface area contributed by atoms with Gasteiger partial charge in [-0.15, -0.1) is 0 Å². The monoisotopic (exact) mass is 297 g/mol. The van der Waals surface area contributed by atoms with Crippen LogP contribution in [-0.2, 0) is 17.4 Å². The van der Waals surface area contributed by atoms with Gasteiger partial charge in [0, 0.05) is 5.69 Å². The molecule has 0 aliphatic carbocycles. The van der Waals surface area contributed by atoms with Crippen LogP contribution in [0, 0.1) is 5.82 Å². The molecule has 0 bridgehead atoms. The maximum Gasteiger partial charge on any atom is 0.416 e. The molecule has 0 spiro atoms. The Hall–Kier alpha value is -2.37. The van der Waals surface area contributed by atoms with Crippen LogP contribution < -0.4 is 5.32 Å². The molecule has 2 rings (SSSR count). The Bertz CT molecular complexity index is 618. The number of amides is 1. The van der Waals surface area contributed by atoms with Gasteiger partial charge in [-0.25, -0.2) is 4.39 Å². The lowest BCUT2D eigenvalue weighted by atomic mass is 10.1. The van der Waals surface area contributed by atoms with E-state index in [2.05, 4.69) is 5.32 Å². The maximum absolute atomic E-state index is 12.7. The van der Waals surface area contributed by atoms with Gasteiger partial charge in [-0.1, -0.05) is 12.1 Å². The number of hydrogen-bond donors (Lipinski definition) is 1. The summed E-state index contributed by atoms with van der Waals surface area (Å²) in [6.07, 6.45) is -4.39. The minimum absolute atomic E-state index is 0.0152. The molecule has 0 aromatic heterocycles. The van der Waals surface area contributed by atoms with Crippen molar-refractivity contribution < 1.29 is 22.4 Å². The second kappa shape index (κ2) is 5.95. The Morgan fingerprint density at radius 1 is 0.952 bits per heavy atom. The molecular formula is C15H11F4NO. The Labute approximate surface area is 118 Å². The quantitative estimate of drug-likeness (QED) is 0.852. The van der Waals surface area contributed by atoms with E-state index in [-0.39, 0.29) is 18.0 Å². The van der Waals surface area contributed by atoms with Crippen molar-refractivity contribution in [3.05, 3.63) is 65.5 Å². The predicted molar refractivity (Wildman–Crippen MR) is 70.2 cm³/mol. The van der Waals surface area contributed by atoms with Crippen molar-refractivity contribution in [3.8, 4) is 0 Å². The highest BCUT2D eigenvalue weighted by molar-refractivity contribution is 5.92. The third-order valence-corrected chi connectivity index (χ3v) is 2.77. The van der Waals surface area contributed by atoms with E-state index in [1.54, 1.807) is 0 Å². The molecule has 0 saturated carbocycles. The first-order valence-electron chi connectivity index (χ1n) is 6.06. The summed E-state index contributed by atoms with van der Waals surface area (Å²) in [5, 5.41) is 2.48. The van der Waals surface area contributed by atoms with Crippen LogP contribution in [-0.4, -0.2) is 5.91 Å². The Morgan fingerprint density at radius 2 is 1.52 bits per heavy atom. The highest BCUT2D eigenvalue weighted by atomic mass is 19.4. The van der Waals surface area contributed by atoms with Crippen molar-refractivity contribution in [3.63, 3.8) is 0 Å². The van der Waals surface area contributed by atoms with Crippen LogP contribution in [0.3, 0.4) is 0 Å². The van der Waals surface area contributed by atoms with Crippen molar-refractivity contribution in [2.45, 2.75) is 12.6 Å². The van der Waals surface area contributed by atoms with Crippen molar-refractivity contribution in [1.29, 1.82) is 0 Å². The summed E-state index contributed by atoms with van der Waals surface area (Å²) < 4.78 is 49.9. The second-order valence-corrected chi connectivity index (χ2v) is 4.43. The first-order chi connectivity index (χ1) is 9.84. The number of rotatable bonds is 3. The van der Waals surface area contributed by atoms with Crippen molar-refractivity contribution in [2.75, 3.05) is 5.32 Å². The number of nitrogens with one attached hydrogen (secondary N) is 1. The molecule has 2 aromatic rings. The van der Waals surface area contributed by atoms with E-state index in [1.807, 2.05) is 0 Å². The second-order valence-electron chi connectivity index (χ2n) is 4.43. The average Bonchev–Trinajstić information content (AvgIpc) is 2.41. The summed E-state index contributed by atoms with van der Waals surface area (Å²) in [5.41, 5.74) is 0.106. The lowest BCUT2D eigenvalue weighted by Gasteiger charge is -2.09. The molecule has 110 valence electrons. The fraction of sp³-hybridized carbons (Fsp3) is 0.133. The molecule has 6 heteroatoms. The van der Waals surface area contributed by atoms with E-state index >= 15 is 0 Å². The molecule has 0 aliphatic rings. The molecular weight excluding hydrogens is 286 g/mol. The van der Waals surface area contributed by atoms with Gasteiger partial charge in [0.2, 0.25) is 5.91 Å². The number of halogens is 4. The van der Waals surface area contributed by atoms with Gasteiger partial charge in [0.15, 0.2) is 0 Å². The average molecular weight is 297 g/mol. The predicted octanol–water partition coefficient (Wildman–Crippen LogP) is 4.03. The molecule has 0 unspecified atom stereocenters. The van der Waals surface area contributed by atoms with Gasteiger partial charge >= 0.3 is 6.18 Å². The molecule has 0 heterocycles. The van der Waals surface area contributed by atoms with Gasteiger partial charge in [-0.2, -0.15) is 13.2 Å². The minimum atomic E-state index is -4.41. The first kappa shape index (κ1) is 15.0. The maximum atomic E-state index is 12.7. The highest BCUT2D eigenvalue weighted by Gasteiger charge is 2.29. The zero-order chi connectivity index (χ0) is 15.5. The van der Waals surface area contributed by atoms with Crippen LogP contribution in [0.5, 0.6) is 0 Å². The lowest BCUT2D eigenvalue weighted by Crippen LogP contribution is -2.14. The summed E-state index contributed by atoms with van der Waals surface area (Å²) in [6.45, 7) is 0. The molecule has 21 heavy (non-hydrogen) atoms. The molecule has 2 aromatic carbocycles. The van der Waals surface area contributed by atoms with Crippen LogP contribution in [0.2, 0.25) is 0 Å². The largest absolute Gasteiger partial charge is 0.416 e. The standard InChI is InChI=1S/C15H11F4NO/c16-12-5-1-10(2-6-12)9-14(21)20-13-7-3-11(4-8-13)15(17,18)19/h1-8H,9H2,(H,20,21). The lowest BCUT2D eigenvalue weighted by molar-refractivity contribution is -0.137.